The molecule has 0 radical (unpaired) electrons. The monoisotopic (exact) mass is 233 g/mol. The maximum Gasteiger partial charge on any atom is 0.0400 e. The van der Waals surface area contributed by atoms with Gasteiger partial charge in [-0.2, -0.15) is 0 Å². The standard InChI is InChI=1S/C17H15N/c1-12-6-8-14(9-7-12)17-15-5-3-2-4-13(15)10-11-16(17)18/h2-11H,18H2,1H3. The van der Waals surface area contributed by atoms with E-state index in [0.29, 0.717) is 0 Å². The highest BCUT2D eigenvalue weighted by atomic mass is 14.6. The molecule has 0 fully saturated rings. The summed E-state index contributed by atoms with van der Waals surface area (Å²) < 4.78 is 0. The third-order valence-electron chi connectivity index (χ3n) is 3.30. The second-order valence-corrected chi connectivity index (χ2v) is 4.62. The first-order chi connectivity index (χ1) is 8.75. The number of fused-ring (bicyclic) bond motifs is 1. The number of hydrogen-bond acceptors (Lipinski definition) is 1. The molecule has 0 aliphatic heterocycles. The lowest BCUT2D eigenvalue weighted by Crippen LogP contribution is -1.91. The van der Waals surface area contributed by atoms with Gasteiger partial charge in [0.1, 0.15) is 0 Å². The topological polar surface area (TPSA) is 26.0 Å². The van der Waals surface area contributed by atoms with Crippen LogP contribution in [0.15, 0.2) is 60.7 Å². The highest BCUT2D eigenvalue weighted by molar-refractivity contribution is 6.02. The molecular weight excluding hydrogens is 218 g/mol. The minimum absolute atomic E-state index is 0.831. The first-order valence-electron chi connectivity index (χ1n) is 6.10. The maximum absolute atomic E-state index is 6.16. The SMILES string of the molecule is Cc1ccc(-c2c(N)ccc3ccccc23)cc1. The van der Waals surface area contributed by atoms with Crippen LogP contribution >= 0.6 is 0 Å². The summed E-state index contributed by atoms with van der Waals surface area (Å²) in [4.78, 5) is 0. The molecular formula is C17H15N. The summed E-state index contributed by atoms with van der Waals surface area (Å²) in [5.74, 6) is 0. The number of nitrogen functional groups attached to an aromatic ring is 1. The van der Waals surface area contributed by atoms with Crippen molar-refractivity contribution in [1.82, 2.24) is 0 Å². The molecule has 0 aliphatic carbocycles. The zero-order valence-corrected chi connectivity index (χ0v) is 10.4. The average molecular weight is 233 g/mol. The quantitative estimate of drug-likeness (QED) is 0.619. The molecule has 0 amide bonds. The summed E-state index contributed by atoms with van der Waals surface area (Å²) in [6.07, 6.45) is 0. The molecule has 0 unspecified atom stereocenters. The van der Waals surface area contributed by atoms with Gasteiger partial charge >= 0.3 is 0 Å². The van der Waals surface area contributed by atoms with Crippen LogP contribution in [0.25, 0.3) is 21.9 Å². The molecule has 1 heteroatoms. The van der Waals surface area contributed by atoms with E-state index in [-0.39, 0.29) is 0 Å². The Morgan fingerprint density at radius 3 is 2.28 bits per heavy atom. The van der Waals surface area contributed by atoms with Crippen molar-refractivity contribution in [2.24, 2.45) is 0 Å². The van der Waals surface area contributed by atoms with Crippen LogP contribution in [0.5, 0.6) is 0 Å². The van der Waals surface area contributed by atoms with Crippen molar-refractivity contribution < 1.29 is 0 Å². The summed E-state index contributed by atoms with van der Waals surface area (Å²) in [6, 6.07) is 20.9. The molecule has 0 spiro atoms. The van der Waals surface area contributed by atoms with Gasteiger partial charge in [0.05, 0.1) is 0 Å². The fourth-order valence-corrected chi connectivity index (χ4v) is 2.33. The zero-order valence-electron chi connectivity index (χ0n) is 10.4. The van der Waals surface area contributed by atoms with E-state index in [1.54, 1.807) is 0 Å². The number of aryl methyl sites for hydroxylation is 1. The van der Waals surface area contributed by atoms with Gasteiger partial charge < -0.3 is 5.73 Å². The number of rotatable bonds is 1. The van der Waals surface area contributed by atoms with Crippen LogP contribution in [0.1, 0.15) is 5.56 Å². The molecule has 3 aromatic rings. The molecule has 2 N–H and O–H groups in total. The number of anilines is 1. The van der Waals surface area contributed by atoms with E-state index in [1.807, 2.05) is 6.07 Å². The van der Waals surface area contributed by atoms with E-state index >= 15 is 0 Å². The van der Waals surface area contributed by atoms with Crippen LogP contribution < -0.4 is 5.73 Å². The molecule has 3 aromatic carbocycles. The molecule has 0 saturated carbocycles. The summed E-state index contributed by atoms with van der Waals surface area (Å²) in [7, 11) is 0. The van der Waals surface area contributed by atoms with E-state index in [1.165, 1.54) is 21.9 Å². The third-order valence-corrected chi connectivity index (χ3v) is 3.30. The van der Waals surface area contributed by atoms with Crippen LogP contribution in [0.4, 0.5) is 5.69 Å². The van der Waals surface area contributed by atoms with Gasteiger partial charge in [-0.15, -0.1) is 0 Å². The van der Waals surface area contributed by atoms with Crippen LogP contribution in [-0.4, -0.2) is 0 Å². The minimum Gasteiger partial charge on any atom is -0.398 e. The largest absolute Gasteiger partial charge is 0.398 e. The normalized spacial score (nSPS) is 10.7. The molecule has 0 saturated heterocycles. The van der Waals surface area contributed by atoms with Gasteiger partial charge in [0.25, 0.3) is 0 Å². The summed E-state index contributed by atoms with van der Waals surface area (Å²) in [5, 5.41) is 2.43. The number of nitrogens with two attached hydrogens (primary N) is 1. The maximum atomic E-state index is 6.16. The predicted octanol–water partition coefficient (Wildman–Crippen LogP) is 4.40. The Morgan fingerprint density at radius 1 is 0.778 bits per heavy atom. The average Bonchev–Trinajstić information content (AvgIpc) is 2.40. The van der Waals surface area contributed by atoms with Gasteiger partial charge in [-0.1, -0.05) is 60.2 Å². The van der Waals surface area contributed by atoms with Gasteiger partial charge in [0.2, 0.25) is 0 Å². The van der Waals surface area contributed by atoms with Crippen molar-refractivity contribution in [2.45, 2.75) is 6.92 Å². The van der Waals surface area contributed by atoms with Gasteiger partial charge in [-0.05, 0) is 29.3 Å². The Kier molecular flexibility index (Phi) is 2.52. The Labute approximate surface area is 107 Å². The molecule has 0 aliphatic rings. The van der Waals surface area contributed by atoms with Crippen molar-refractivity contribution in [2.75, 3.05) is 5.73 Å². The molecule has 3 rings (SSSR count). The molecule has 18 heavy (non-hydrogen) atoms. The molecule has 0 bridgehead atoms. The van der Waals surface area contributed by atoms with Crippen LogP contribution in [0.2, 0.25) is 0 Å². The smallest absolute Gasteiger partial charge is 0.0400 e. The van der Waals surface area contributed by atoms with Crippen molar-refractivity contribution in [3.05, 3.63) is 66.2 Å². The molecule has 88 valence electrons. The lowest BCUT2D eigenvalue weighted by Gasteiger charge is -2.10. The Morgan fingerprint density at radius 2 is 1.50 bits per heavy atom. The summed E-state index contributed by atoms with van der Waals surface area (Å²) >= 11 is 0. The van der Waals surface area contributed by atoms with Crippen LogP contribution in [0.3, 0.4) is 0 Å². The van der Waals surface area contributed by atoms with Gasteiger partial charge in [0, 0.05) is 11.3 Å². The van der Waals surface area contributed by atoms with Gasteiger partial charge in [0.15, 0.2) is 0 Å². The highest BCUT2D eigenvalue weighted by Gasteiger charge is 2.07. The first-order valence-corrected chi connectivity index (χ1v) is 6.10. The summed E-state index contributed by atoms with van der Waals surface area (Å²) in [5.41, 5.74) is 10.6. The lowest BCUT2D eigenvalue weighted by atomic mass is 9.96. The van der Waals surface area contributed by atoms with E-state index in [4.69, 9.17) is 5.73 Å². The zero-order chi connectivity index (χ0) is 12.5. The third kappa shape index (κ3) is 1.74. The van der Waals surface area contributed by atoms with Crippen molar-refractivity contribution in [1.29, 1.82) is 0 Å². The Balaban J connectivity index is 2.33. The molecule has 0 atom stereocenters. The second kappa shape index (κ2) is 4.19. The lowest BCUT2D eigenvalue weighted by molar-refractivity contribution is 1.47. The van der Waals surface area contributed by atoms with E-state index in [9.17, 15) is 0 Å². The fourth-order valence-electron chi connectivity index (χ4n) is 2.33. The molecule has 0 aromatic heterocycles. The van der Waals surface area contributed by atoms with Crippen molar-refractivity contribution >= 4 is 16.5 Å². The second-order valence-electron chi connectivity index (χ2n) is 4.62. The summed E-state index contributed by atoms with van der Waals surface area (Å²) in [6.45, 7) is 2.09. The Hall–Kier alpha value is -2.28. The fraction of sp³-hybridized carbons (Fsp3) is 0.0588. The van der Waals surface area contributed by atoms with Gasteiger partial charge in [-0.25, -0.2) is 0 Å². The van der Waals surface area contributed by atoms with Crippen LogP contribution in [0, 0.1) is 6.92 Å². The number of benzene rings is 3. The highest BCUT2D eigenvalue weighted by Crippen LogP contribution is 2.33. The Bertz CT molecular complexity index is 696. The number of hydrogen-bond donors (Lipinski definition) is 1. The van der Waals surface area contributed by atoms with Gasteiger partial charge in [-0.3, -0.25) is 0 Å². The van der Waals surface area contributed by atoms with Crippen molar-refractivity contribution in [3.63, 3.8) is 0 Å². The van der Waals surface area contributed by atoms with E-state index in [0.717, 1.165) is 11.3 Å². The van der Waals surface area contributed by atoms with Crippen molar-refractivity contribution in [3.8, 4) is 11.1 Å². The van der Waals surface area contributed by atoms with E-state index in [2.05, 4.69) is 61.5 Å². The van der Waals surface area contributed by atoms with E-state index < -0.39 is 0 Å². The molecule has 0 heterocycles. The first kappa shape index (κ1) is 10.8. The predicted molar refractivity (Wildman–Crippen MR) is 78.5 cm³/mol. The van der Waals surface area contributed by atoms with Crippen LogP contribution in [-0.2, 0) is 0 Å². The minimum atomic E-state index is 0.831. The molecule has 1 nitrogen and oxygen atoms in total.